The van der Waals surface area contributed by atoms with Crippen molar-refractivity contribution in [1.29, 1.82) is 0 Å². The van der Waals surface area contributed by atoms with Gasteiger partial charge in [-0.05, 0) is 59.7 Å². The number of benzene rings is 3. The molecule has 0 aromatic heterocycles. The number of halogens is 7. The molecule has 0 aliphatic carbocycles. The van der Waals surface area contributed by atoms with E-state index in [1.54, 1.807) is 0 Å². The maximum Gasteiger partial charge on any atom is 0.573 e. The fourth-order valence-corrected chi connectivity index (χ4v) is 3.90. The van der Waals surface area contributed by atoms with Crippen LogP contribution in [0, 0.1) is 0 Å². The molecular weight excluding hydrogens is 524 g/mol. The second kappa shape index (κ2) is 9.42. The highest BCUT2D eigenvalue weighted by Crippen LogP contribution is 2.35. The number of anilines is 1. The van der Waals surface area contributed by atoms with Gasteiger partial charge in [0.05, 0.1) is 21.2 Å². The Morgan fingerprint density at radius 1 is 0.886 bits per heavy atom. The van der Waals surface area contributed by atoms with Crippen LogP contribution in [-0.2, 0) is 16.0 Å². The van der Waals surface area contributed by atoms with Gasteiger partial charge in [0, 0.05) is 11.8 Å². The van der Waals surface area contributed by atoms with Crippen LogP contribution >= 0.6 is 11.6 Å². The van der Waals surface area contributed by atoms with E-state index in [4.69, 9.17) is 11.6 Å². The molecule has 0 radical (unpaired) electrons. The lowest BCUT2D eigenvalue weighted by molar-refractivity contribution is -0.274. The minimum atomic E-state index is -4.94. The molecule has 3 aromatic carbocycles. The predicted molar refractivity (Wildman–Crippen MR) is 116 cm³/mol. The van der Waals surface area contributed by atoms with Crippen molar-refractivity contribution >= 4 is 33.0 Å². The number of ether oxygens (including phenoxy) is 1. The van der Waals surface area contributed by atoms with E-state index in [1.807, 2.05) is 0 Å². The Hall–Kier alpha value is -3.25. The van der Waals surface area contributed by atoms with Crippen molar-refractivity contribution < 1.29 is 44.3 Å². The van der Waals surface area contributed by atoms with Gasteiger partial charge in [0.25, 0.3) is 5.91 Å². The summed E-state index contributed by atoms with van der Waals surface area (Å²) in [5.74, 6) is -1.55. The second-order valence-corrected chi connectivity index (χ2v) is 9.66. The van der Waals surface area contributed by atoms with Gasteiger partial charge in [0.2, 0.25) is 0 Å². The Bertz CT molecular complexity index is 1370. The van der Waals surface area contributed by atoms with E-state index in [9.17, 15) is 39.6 Å². The van der Waals surface area contributed by atoms with Crippen molar-refractivity contribution in [2.45, 2.75) is 17.4 Å². The zero-order valence-corrected chi connectivity index (χ0v) is 19.0. The SMILES string of the molecule is CS(=O)(=O)c1ccc(NC(=O)c2cc(-c3ccc(OC(F)(F)F)cc3)cc(C(F)(F)F)c2)c(Cl)c1. The number of sulfone groups is 1. The molecular formula is C22H14ClF6NO4S. The molecule has 35 heavy (non-hydrogen) atoms. The van der Waals surface area contributed by atoms with Crippen molar-refractivity contribution in [1.82, 2.24) is 0 Å². The van der Waals surface area contributed by atoms with E-state index in [1.165, 1.54) is 12.1 Å². The summed E-state index contributed by atoms with van der Waals surface area (Å²) in [6.07, 6.45) is -8.83. The largest absolute Gasteiger partial charge is 0.573 e. The number of rotatable bonds is 5. The minimum absolute atomic E-state index is 0.0447. The fourth-order valence-electron chi connectivity index (χ4n) is 2.96. The average molecular weight is 538 g/mol. The van der Waals surface area contributed by atoms with Crippen LogP contribution in [0.15, 0.2) is 65.6 Å². The van der Waals surface area contributed by atoms with E-state index in [0.717, 1.165) is 48.7 Å². The molecule has 0 unspecified atom stereocenters. The van der Waals surface area contributed by atoms with Gasteiger partial charge >= 0.3 is 12.5 Å². The van der Waals surface area contributed by atoms with Crippen molar-refractivity contribution in [3.8, 4) is 16.9 Å². The molecule has 186 valence electrons. The number of carbonyl (C=O) groups is 1. The monoisotopic (exact) mass is 537 g/mol. The highest BCUT2D eigenvalue weighted by molar-refractivity contribution is 7.90. The Labute approximate surface area is 200 Å². The summed E-state index contributed by atoms with van der Waals surface area (Å²) in [5, 5.41) is 2.16. The van der Waals surface area contributed by atoms with Crippen LogP contribution < -0.4 is 10.1 Å². The van der Waals surface area contributed by atoms with Crippen LogP contribution in [-0.4, -0.2) is 26.9 Å². The Kier molecular flexibility index (Phi) is 7.09. The van der Waals surface area contributed by atoms with Crippen LogP contribution in [0.2, 0.25) is 5.02 Å². The third kappa shape index (κ3) is 6.89. The molecule has 0 aliphatic heterocycles. The van der Waals surface area contributed by atoms with Gasteiger partial charge in [-0.25, -0.2) is 8.42 Å². The first-order valence-electron chi connectivity index (χ1n) is 9.42. The normalized spacial score (nSPS) is 12.3. The first-order valence-corrected chi connectivity index (χ1v) is 11.7. The maximum absolute atomic E-state index is 13.5. The number of nitrogens with one attached hydrogen (secondary N) is 1. The number of amides is 1. The number of hydrogen-bond donors (Lipinski definition) is 1. The average Bonchev–Trinajstić information content (AvgIpc) is 2.73. The van der Waals surface area contributed by atoms with E-state index in [-0.39, 0.29) is 26.7 Å². The van der Waals surface area contributed by atoms with Crippen molar-refractivity contribution in [3.05, 3.63) is 76.8 Å². The third-order valence-electron chi connectivity index (χ3n) is 4.56. The summed E-state index contributed by atoms with van der Waals surface area (Å²) in [4.78, 5) is 12.6. The van der Waals surface area contributed by atoms with Gasteiger partial charge in [-0.1, -0.05) is 23.7 Å². The zero-order valence-electron chi connectivity index (χ0n) is 17.5. The lowest BCUT2D eigenvalue weighted by atomic mass is 9.99. The first-order chi connectivity index (χ1) is 16.0. The van der Waals surface area contributed by atoms with E-state index in [0.29, 0.717) is 6.07 Å². The first kappa shape index (κ1) is 26.4. The molecule has 0 heterocycles. The summed E-state index contributed by atoms with van der Waals surface area (Å²) in [7, 11) is -3.59. The molecule has 3 rings (SSSR count). The van der Waals surface area contributed by atoms with Crippen molar-refractivity contribution in [2.75, 3.05) is 11.6 Å². The van der Waals surface area contributed by atoms with Gasteiger partial charge in [-0.2, -0.15) is 13.2 Å². The number of alkyl halides is 6. The van der Waals surface area contributed by atoms with Crippen LogP contribution in [0.3, 0.4) is 0 Å². The lowest BCUT2D eigenvalue weighted by Gasteiger charge is -2.14. The molecule has 0 fully saturated rings. The molecule has 0 saturated heterocycles. The van der Waals surface area contributed by atoms with Crippen molar-refractivity contribution in [3.63, 3.8) is 0 Å². The molecule has 1 N–H and O–H groups in total. The molecule has 0 saturated carbocycles. The van der Waals surface area contributed by atoms with Gasteiger partial charge in [0.1, 0.15) is 5.75 Å². The Morgan fingerprint density at radius 2 is 1.51 bits per heavy atom. The number of carbonyl (C=O) groups excluding carboxylic acids is 1. The van der Waals surface area contributed by atoms with E-state index < -0.39 is 45.2 Å². The highest BCUT2D eigenvalue weighted by Gasteiger charge is 2.33. The summed E-state index contributed by atoms with van der Waals surface area (Å²) in [5.41, 5.74) is -1.64. The molecule has 13 heteroatoms. The second-order valence-electron chi connectivity index (χ2n) is 7.24. The predicted octanol–water partition coefficient (Wildman–Crippen LogP) is 6.58. The topological polar surface area (TPSA) is 72.5 Å². The summed E-state index contributed by atoms with van der Waals surface area (Å²) < 4.78 is 104. The van der Waals surface area contributed by atoms with Gasteiger partial charge in [-0.3, -0.25) is 4.79 Å². The molecule has 0 spiro atoms. The Balaban J connectivity index is 1.97. The molecule has 5 nitrogen and oxygen atoms in total. The van der Waals surface area contributed by atoms with Gasteiger partial charge in [-0.15, -0.1) is 13.2 Å². The Morgan fingerprint density at radius 3 is 2.03 bits per heavy atom. The van der Waals surface area contributed by atoms with Gasteiger partial charge in [0.15, 0.2) is 9.84 Å². The minimum Gasteiger partial charge on any atom is -0.406 e. The summed E-state index contributed by atoms with van der Waals surface area (Å²) >= 11 is 6.01. The molecule has 0 aliphatic rings. The molecule has 0 atom stereocenters. The van der Waals surface area contributed by atoms with E-state index in [2.05, 4.69) is 10.1 Å². The van der Waals surface area contributed by atoms with Crippen LogP contribution in [0.1, 0.15) is 15.9 Å². The van der Waals surface area contributed by atoms with E-state index >= 15 is 0 Å². The summed E-state index contributed by atoms with van der Waals surface area (Å²) in [6, 6.07) is 9.94. The molecule has 3 aromatic rings. The quantitative estimate of drug-likeness (QED) is 0.373. The standard InChI is InChI=1S/C22H14ClF6NO4S/c1-35(32,33)17-6-7-19(18(23)11-17)30-20(31)14-8-13(9-15(10-14)21(24,25)26)12-2-4-16(5-3-12)34-22(27,28)29/h2-11H,1H3,(H,30,31). The zero-order chi connectivity index (χ0) is 26.2. The van der Waals surface area contributed by atoms with Crippen LogP contribution in [0.5, 0.6) is 5.75 Å². The summed E-state index contributed by atoms with van der Waals surface area (Å²) in [6.45, 7) is 0. The highest BCUT2D eigenvalue weighted by atomic mass is 35.5. The van der Waals surface area contributed by atoms with Gasteiger partial charge < -0.3 is 10.1 Å². The van der Waals surface area contributed by atoms with Crippen molar-refractivity contribution in [2.24, 2.45) is 0 Å². The maximum atomic E-state index is 13.5. The molecule has 0 bridgehead atoms. The van der Waals surface area contributed by atoms with Crippen LogP contribution in [0.4, 0.5) is 32.0 Å². The number of hydrogen-bond acceptors (Lipinski definition) is 4. The third-order valence-corrected chi connectivity index (χ3v) is 5.98. The fraction of sp³-hybridized carbons (Fsp3) is 0.136. The lowest BCUT2D eigenvalue weighted by Crippen LogP contribution is -2.17. The van der Waals surface area contributed by atoms with Crippen LogP contribution in [0.25, 0.3) is 11.1 Å². The molecule has 1 amide bonds. The smallest absolute Gasteiger partial charge is 0.406 e.